The summed E-state index contributed by atoms with van der Waals surface area (Å²) in [6, 6.07) is 22.0. The summed E-state index contributed by atoms with van der Waals surface area (Å²) in [4.78, 5) is 29.1. The molecule has 0 aliphatic rings. The number of halogens is 2. The molecular weight excluding hydrogens is 479 g/mol. The molecule has 0 aliphatic carbocycles. The summed E-state index contributed by atoms with van der Waals surface area (Å²) in [7, 11) is 0. The van der Waals surface area contributed by atoms with Gasteiger partial charge in [0.15, 0.2) is 0 Å². The number of rotatable bonds is 8. The molecule has 0 aromatic heterocycles. The molecule has 184 valence electrons. The predicted octanol–water partition coefficient (Wildman–Crippen LogP) is 6.40. The Morgan fingerprint density at radius 1 is 0.914 bits per heavy atom. The fraction of sp³-hybridized carbons (Fsp3) is 0.310. The summed E-state index contributed by atoms with van der Waals surface area (Å²) in [5.74, 6) is -0.347. The molecule has 0 bridgehead atoms. The van der Waals surface area contributed by atoms with E-state index < -0.39 is 11.6 Å². The van der Waals surface area contributed by atoms with Crippen molar-refractivity contribution in [1.29, 1.82) is 0 Å². The van der Waals surface area contributed by atoms with E-state index >= 15 is 0 Å². The van der Waals surface area contributed by atoms with Gasteiger partial charge in [0, 0.05) is 28.5 Å². The maximum absolute atomic E-state index is 13.8. The minimum absolute atomic E-state index is 0.143. The molecule has 0 spiro atoms. The molecule has 2 amide bonds. The number of hydrogen-bond donors (Lipinski definition) is 1. The van der Waals surface area contributed by atoms with Crippen LogP contribution < -0.4 is 5.32 Å². The highest BCUT2D eigenvalue weighted by molar-refractivity contribution is 6.35. The molecule has 0 heterocycles. The van der Waals surface area contributed by atoms with Gasteiger partial charge in [-0.3, -0.25) is 9.59 Å². The van der Waals surface area contributed by atoms with Crippen molar-refractivity contribution in [3.8, 4) is 0 Å². The molecule has 0 fully saturated rings. The van der Waals surface area contributed by atoms with Gasteiger partial charge < -0.3 is 10.2 Å². The van der Waals surface area contributed by atoms with Gasteiger partial charge in [-0.25, -0.2) is 0 Å². The molecule has 3 aromatic rings. The van der Waals surface area contributed by atoms with E-state index in [1.165, 1.54) is 0 Å². The fourth-order valence-corrected chi connectivity index (χ4v) is 4.38. The van der Waals surface area contributed by atoms with E-state index in [1.54, 1.807) is 23.1 Å². The number of hydrogen-bond acceptors (Lipinski definition) is 2. The average molecular weight is 511 g/mol. The highest BCUT2D eigenvalue weighted by atomic mass is 35.5. The zero-order valence-electron chi connectivity index (χ0n) is 20.6. The van der Waals surface area contributed by atoms with Gasteiger partial charge in [-0.2, -0.15) is 0 Å². The van der Waals surface area contributed by atoms with Crippen molar-refractivity contribution < 1.29 is 9.59 Å². The first kappa shape index (κ1) is 26.8. The monoisotopic (exact) mass is 510 g/mol. The van der Waals surface area contributed by atoms with Crippen LogP contribution in [0.15, 0.2) is 72.8 Å². The van der Waals surface area contributed by atoms with Crippen molar-refractivity contribution in [3.63, 3.8) is 0 Å². The Kier molecular flexibility index (Phi) is 8.98. The third kappa shape index (κ3) is 7.84. The van der Waals surface area contributed by atoms with Gasteiger partial charge in [0.2, 0.25) is 11.8 Å². The largest absolute Gasteiger partial charge is 0.350 e. The smallest absolute Gasteiger partial charge is 0.243 e. The SMILES string of the molecule is Cc1ccccc1CC(=O)N(Cc1ccc(Cl)cc1Cl)[C@H](Cc1ccccc1)C(=O)NC(C)(C)C. The quantitative estimate of drug-likeness (QED) is 0.381. The molecule has 1 atom stereocenters. The zero-order valence-corrected chi connectivity index (χ0v) is 22.2. The van der Waals surface area contributed by atoms with Crippen LogP contribution in [0.5, 0.6) is 0 Å². The van der Waals surface area contributed by atoms with E-state index in [1.807, 2.05) is 82.3 Å². The molecule has 0 radical (unpaired) electrons. The summed E-state index contributed by atoms with van der Waals surface area (Å²) < 4.78 is 0. The minimum Gasteiger partial charge on any atom is -0.350 e. The van der Waals surface area contributed by atoms with Crippen molar-refractivity contribution in [2.24, 2.45) is 0 Å². The van der Waals surface area contributed by atoms with Crippen molar-refractivity contribution in [1.82, 2.24) is 10.2 Å². The lowest BCUT2D eigenvalue weighted by molar-refractivity contribution is -0.141. The lowest BCUT2D eigenvalue weighted by atomic mass is 9.99. The van der Waals surface area contributed by atoms with Crippen LogP contribution in [0, 0.1) is 6.92 Å². The number of nitrogens with zero attached hydrogens (tertiary/aromatic N) is 1. The Hall–Kier alpha value is -2.82. The number of carbonyl (C=O) groups is 2. The second-order valence-corrected chi connectivity index (χ2v) is 10.6. The van der Waals surface area contributed by atoms with Gasteiger partial charge >= 0.3 is 0 Å². The van der Waals surface area contributed by atoms with Gasteiger partial charge in [0.25, 0.3) is 0 Å². The summed E-state index contributed by atoms with van der Waals surface area (Å²) in [5, 5.41) is 4.05. The molecule has 3 rings (SSSR count). The number of benzene rings is 3. The number of aryl methyl sites for hydroxylation is 1. The van der Waals surface area contributed by atoms with E-state index in [-0.39, 0.29) is 24.8 Å². The highest BCUT2D eigenvalue weighted by Crippen LogP contribution is 2.25. The van der Waals surface area contributed by atoms with Crippen molar-refractivity contribution >= 4 is 35.0 Å². The summed E-state index contributed by atoms with van der Waals surface area (Å²) in [6.45, 7) is 7.96. The molecule has 4 nitrogen and oxygen atoms in total. The fourth-order valence-electron chi connectivity index (χ4n) is 3.91. The van der Waals surface area contributed by atoms with Gasteiger partial charge in [0.05, 0.1) is 6.42 Å². The lowest BCUT2D eigenvalue weighted by Gasteiger charge is -2.34. The average Bonchev–Trinajstić information content (AvgIpc) is 2.78. The van der Waals surface area contributed by atoms with Crippen LogP contribution in [0.25, 0.3) is 0 Å². The molecule has 0 unspecified atom stereocenters. The maximum Gasteiger partial charge on any atom is 0.243 e. The van der Waals surface area contributed by atoms with E-state index in [0.717, 1.165) is 22.3 Å². The van der Waals surface area contributed by atoms with Crippen molar-refractivity contribution in [3.05, 3.63) is 105 Å². The zero-order chi connectivity index (χ0) is 25.6. The molecular formula is C29H32Cl2N2O2. The van der Waals surface area contributed by atoms with Crippen LogP contribution in [-0.2, 0) is 29.0 Å². The van der Waals surface area contributed by atoms with Crippen LogP contribution in [-0.4, -0.2) is 28.3 Å². The minimum atomic E-state index is -0.722. The first-order valence-electron chi connectivity index (χ1n) is 11.7. The summed E-state index contributed by atoms with van der Waals surface area (Å²) >= 11 is 12.6. The summed E-state index contributed by atoms with van der Waals surface area (Å²) in [5.41, 5.74) is 3.21. The Morgan fingerprint density at radius 2 is 1.57 bits per heavy atom. The van der Waals surface area contributed by atoms with Gasteiger partial charge in [-0.05, 0) is 62.1 Å². The summed E-state index contributed by atoms with van der Waals surface area (Å²) in [6.07, 6.45) is 0.569. The van der Waals surface area contributed by atoms with Gasteiger partial charge in [-0.1, -0.05) is 83.9 Å². The maximum atomic E-state index is 13.8. The first-order valence-corrected chi connectivity index (χ1v) is 12.4. The number of amides is 2. The van der Waals surface area contributed by atoms with Crippen molar-refractivity contribution in [2.45, 2.75) is 58.7 Å². The second kappa shape index (κ2) is 11.7. The molecule has 6 heteroatoms. The second-order valence-electron chi connectivity index (χ2n) is 9.81. The van der Waals surface area contributed by atoms with E-state index in [4.69, 9.17) is 23.2 Å². The third-order valence-electron chi connectivity index (χ3n) is 5.73. The molecule has 3 aromatic carbocycles. The van der Waals surface area contributed by atoms with Crippen LogP contribution in [0.2, 0.25) is 10.0 Å². The Labute approximate surface area is 218 Å². The topological polar surface area (TPSA) is 49.4 Å². The van der Waals surface area contributed by atoms with E-state index in [0.29, 0.717) is 16.5 Å². The van der Waals surface area contributed by atoms with Gasteiger partial charge in [-0.15, -0.1) is 0 Å². The Balaban J connectivity index is 2.03. The van der Waals surface area contributed by atoms with Crippen LogP contribution in [0.3, 0.4) is 0 Å². The normalized spacial score (nSPS) is 12.2. The number of nitrogens with one attached hydrogen (secondary N) is 1. The predicted molar refractivity (Wildman–Crippen MR) is 144 cm³/mol. The standard InChI is InChI=1S/C29H32Cl2N2O2/c1-20-10-8-9-13-22(20)17-27(34)33(19-23-14-15-24(30)18-25(23)31)26(28(35)32-29(2,3)4)16-21-11-6-5-7-12-21/h5-15,18,26H,16-17,19H2,1-4H3,(H,32,35)/t26-/m1/s1. The first-order chi connectivity index (χ1) is 16.5. The molecule has 0 aliphatic heterocycles. The van der Waals surface area contributed by atoms with Crippen LogP contribution in [0.1, 0.15) is 43.0 Å². The molecule has 35 heavy (non-hydrogen) atoms. The third-order valence-corrected chi connectivity index (χ3v) is 6.31. The lowest BCUT2D eigenvalue weighted by Crippen LogP contribution is -2.54. The highest BCUT2D eigenvalue weighted by Gasteiger charge is 2.32. The molecule has 0 saturated carbocycles. The van der Waals surface area contributed by atoms with Gasteiger partial charge in [0.1, 0.15) is 6.04 Å². The van der Waals surface area contributed by atoms with E-state index in [9.17, 15) is 9.59 Å². The number of carbonyl (C=O) groups excluding carboxylic acids is 2. The Morgan fingerprint density at radius 3 is 2.20 bits per heavy atom. The van der Waals surface area contributed by atoms with Crippen LogP contribution >= 0.6 is 23.2 Å². The van der Waals surface area contributed by atoms with Crippen molar-refractivity contribution in [2.75, 3.05) is 0 Å². The van der Waals surface area contributed by atoms with Crippen LogP contribution in [0.4, 0.5) is 0 Å². The molecule has 0 saturated heterocycles. The molecule has 1 N–H and O–H groups in total. The Bertz CT molecular complexity index is 1170. The van der Waals surface area contributed by atoms with E-state index in [2.05, 4.69) is 5.32 Å².